The van der Waals surface area contributed by atoms with Crippen LogP contribution in [0.2, 0.25) is 0 Å². The van der Waals surface area contributed by atoms with E-state index >= 15 is 0 Å². The lowest BCUT2D eigenvalue weighted by atomic mass is 10.1. The van der Waals surface area contributed by atoms with Crippen LogP contribution in [-0.2, 0) is 9.59 Å². The van der Waals surface area contributed by atoms with Crippen LogP contribution >= 0.6 is 27.7 Å². The van der Waals surface area contributed by atoms with Crippen LogP contribution in [0.1, 0.15) is 5.56 Å². The number of rotatable bonds is 7. The van der Waals surface area contributed by atoms with Crippen molar-refractivity contribution < 1.29 is 28.6 Å². The summed E-state index contributed by atoms with van der Waals surface area (Å²) in [6, 6.07) is 10.3. The SMILES string of the molecule is COc1cc(/C=C2/SC(=O)N(CC(=O)Nc3ccc(Br)cc3)C2=O)cc(OC)c1OC. The van der Waals surface area contributed by atoms with Crippen LogP contribution in [0.25, 0.3) is 6.08 Å². The fraction of sp³-hybridized carbons (Fsp3) is 0.190. The Balaban J connectivity index is 1.77. The fourth-order valence-electron chi connectivity index (χ4n) is 2.85. The molecule has 8 nitrogen and oxygen atoms in total. The van der Waals surface area contributed by atoms with Crippen molar-refractivity contribution in [3.05, 3.63) is 51.3 Å². The summed E-state index contributed by atoms with van der Waals surface area (Å²) in [5, 5.41) is 2.14. The second kappa shape index (κ2) is 9.88. The fourth-order valence-corrected chi connectivity index (χ4v) is 3.95. The predicted molar refractivity (Wildman–Crippen MR) is 122 cm³/mol. The van der Waals surface area contributed by atoms with Gasteiger partial charge in [0.15, 0.2) is 11.5 Å². The number of halogens is 1. The Morgan fingerprint density at radius 2 is 1.68 bits per heavy atom. The van der Waals surface area contributed by atoms with Crippen molar-refractivity contribution in [2.75, 3.05) is 33.2 Å². The zero-order chi connectivity index (χ0) is 22.5. The molecule has 162 valence electrons. The van der Waals surface area contributed by atoms with Gasteiger partial charge in [0, 0.05) is 10.2 Å². The third-order valence-electron chi connectivity index (χ3n) is 4.29. The highest BCUT2D eigenvalue weighted by atomic mass is 79.9. The van der Waals surface area contributed by atoms with E-state index in [1.165, 1.54) is 21.3 Å². The number of methoxy groups -OCH3 is 3. The normalized spacial score (nSPS) is 14.7. The molecule has 1 saturated heterocycles. The number of anilines is 1. The molecule has 3 amide bonds. The third-order valence-corrected chi connectivity index (χ3v) is 5.72. The molecule has 0 atom stereocenters. The highest BCUT2D eigenvalue weighted by molar-refractivity contribution is 9.10. The van der Waals surface area contributed by atoms with Gasteiger partial charge in [-0.1, -0.05) is 15.9 Å². The molecule has 0 unspecified atom stereocenters. The van der Waals surface area contributed by atoms with Crippen molar-refractivity contribution in [1.82, 2.24) is 4.90 Å². The topological polar surface area (TPSA) is 94.2 Å². The average Bonchev–Trinajstić information content (AvgIpc) is 3.01. The van der Waals surface area contributed by atoms with Crippen molar-refractivity contribution in [1.29, 1.82) is 0 Å². The molecule has 0 bridgehead atoms. The third kappa shape index (κ3) is 5.20. The van der Waals surface area contributed by atoms with Crippen LogP contribution in [0.4, 0.5) is 10.5 Å². The standard InChI is InChI=1S/C21H19BrN2O6S/c1-28-15-8-12(9-16(29-2)19(15)30-3)10-17-20(26)24(21(27)31-17)11-18(25)23-14-6-4-13(22)5-7-14/h4-10H,11H2,1-3H3,(H,23,25)/b17-10+. The Kier molecular flexibility index (Phi) is 7.24. The number of nitrogens with one attached hydrogen (secondary N) is 1. The first-order valence-corrected chi connectivity index (χ1v) is 10.6. The summed E-state index contributed by atoms with van der Waals surface area (Å²) in [5.74, 6) is 0.232. The summed E-state index contributed by atoms with van der Waals surface area (Å²) in [5.41, 5.74) is 1.15. The number of amides is 3. The average molecular weight is 507 g/mol. The molecule has 1 N–H and O–H groups in total. The predicted octanol–water partition coefficient (Wildman–Crippen LogP) is 4.15. The molecule has 0 radical (unpaired) electrons. The van der Waals surface area contributed by atoms with Gasteiger partial charge in [-0.3, -0.25) is 19.3 Å². The minimum absolute atomic E-state index is 0.190. The van der Waals surface area contributed by atoms with E-state index < -0.39 is 17.1 Å². The van der Waals surface area contributed by atoms with Gasteiger partial charge in [0.25, 0.3) is 11.1 Å². The summed E-state index contributed by atoms with van der Waals surface area (Å²) in [7, 11) is 4.46. The van der Waals surface area contributed by atoms with Gasteiger partial charge < -0.3 is 19.5 Å². The van der Waals surface area contributed by atoms with Gasteiger partial charge in [0.2, 0.25) is 11.7 Å². The molecule has 0 spiro atoms. The monoisotopic (exact) mass is 506 g/mol. The molecular weight excluding hydrogens is 488 g/mol. The number of hydrogen-bond acceptors (Lipinski definition) is 7. The molecule has 1 aliphatic rings. The van der Waals surface area contributed by atoms with E-state index in [1.807, 2.05) is 0 Å². The highest BCUT2D eigenvalue weighted by Gasteiger charge is 2.36. The molecule has 31 heavy (non-hydrogen) atoms. The molecule has 10 heteroatoms. The van der Waals surface area contributed by atoms with Gasteiger partial charge in [0.05, 0.1) is 26.2 Å². The molecular formula is C21H19BrN2O6S. The van der Waals surface area contributed by atoms with Gasteiger partial charge >= 0.3 is 0 Å². The lowest BCUT2D eigenvalue weighted by Crippen LogP contribution is -2.36. The Bertz CT molecular complexity index is 1030. The molecule has 0 aliphatic carbocycles. The smallest absolute Gasteiger partial charge is 0.294 e. The molecule has 0 aromatic heterocycles. The van der Waals surface area contributed by atoms with E-state index in [1.54, 1.807) is 42.5 Å². The first-order chi connectivity index (χ1) is 14.9. The summed E-state index contributed by atoms with van der Waals surface area (Å²) < 4.78 is 16.8. The molecule has 3 rings (SSSR count). The molecule has 2 aromatic carbocycles. The lowest BCUT2D eigenvalue weighted by Gasteiger charge is -2.13. The maximum atomic E-state index is 12.7. The van der Waals surface area contributed by atoms with Crippen LogP contribution in [0.5, 0.6) is 17.2 Å². The van der Waals surface area contributed by atoms with Crippen molar-refractivity contribution in [3.63, 3.8) is 0 Å². The summed E-state index contributed by atoms with van der Waals surface area (Å²) in [6.07, 6.45) is 1.54. The van der Waals surface area contributed by atoms with E-state index in [4.69, 9.17) is 14.2 Å². The number of carbonyl (C=O) groups excluding carboxylic acids is 3. The van der Waals surface area contributed by atoms with E-state index in [9.17, 15) is 14.4 Å². The van der Waals surface area contributed by atoms with Crippen LogP contribution in [0, 0.1) is 0 Å². The summed E-state index contributed by atoms with van der Waals surface area (Å²) in [4.78, 5) is 38.5. The van der Waals surface area contributed by atoms with Crippen LogP contribution in [-0.4, -0.2) is 49.8 Å². The van der Waals surface area contributed by atoms with Gasteiger partial charge in [-0.2, -0.15) is 0 Å². The Morgan fingerprint density at radius 3 is 2.23 bits per heavy atom. The number of imide groups is 1. The van der Waals surface area contributed by atoms with E-state index in [0.717, 1.165) is 21.1 Å². The highest BCUT2D eigenvalue weighted by Crippen LogP contribution is 2.40. The Morgan fingerprint density at radius 1 is 1.06 bits per heavy atom. The summed E-state index contributed by atoms with van der Waals surface area (Å²) in [6.45, 7) is -0.382. The number of thioether (sulfide) groups is 1. The maximum absolute atomic E-state index is 12.7. The van der Waals surface area contributed by atoms with Gasteiger partial charge in [-0.05, 0) is 59.8 Å². The minimum atomic E-state index is -0.547. The Labute approximate surface area is 191 Å². The van der Waals surface area contributed by atoms with Crippen molar-refractivity contribution in [2.45, 2.75) is 0 Å². The second-order valence-electron chi connectivity index (χ2n) is 6.28. The lowest BCUT2D eigenvalue weighted by molar-refractivity contribution is -0.127. The van der Waals surface area contributed by atoms with Crippen molar-refractivity contribution in [2.24, 2.45) is 0 Å². The number of carbonyl (C=O) groups is 3. The largest absolute Gasteiger partial charge is 0.493 e. The van der Waals surface area contributed by atoms with Crippen molar-refractivity contribution >= 4 is 56.5 Å². The first-order valence-electron chi connectivity index (χ1n) is 8.97. The molecule has 1 aliphatic heterocycles. The first kappa shape index (κ1) is 22.7. The summed E-state index contributed by atoms with van der Waals surface area (Å²) >= 11 is 4.08. The van der Waals surface area contributed by atoms with E-state index in [-0.39, 0.29) is 11.4 Å². The molecule has 1 fully saturated rings. The van der Waals surface area contributed by atoms with E-state index in [0.29, 0.717) is 28.5 Å². The number of benzene rings is 2. The number of nitrogens with zero attached hydrogens (tertiary/aromatic N) is 1. The van der Waals surface area contributed by atoms with Crippen LogP contribution < -0.4 is 19.5 Å². The van der Waals surface area contributed by atoms with Gasteiger partial charge in [0.1, 0.15) is 6.54 Å². The van der Waals surface area contributed by atoms with Gasteiger partial charge in [-0.15, -0.1) is 0 Å². The van der Waals surface area contributed by atoms with E-state index in [2.05, 4.69) is 21.2 Å². The molecule has 0 saturated carbocycles. The quantitative estimate of drug-likeness (QED) is 0.563. The van der Waals surface area contributed by atoms with Crippen LogP contribution in [0.3, 0.4) is 0 Å². The number of hydrogen-bond donors (Lipinski definition) is 1. The molecule has 1 heterocycles. The Hall–Kier alpha value is -2.98. The van der Waals surface area contributed by atoms with Gasteiger partial charge in [-0.25, -0.2) is 0 Å². The van der Waals surface area contributed by atoms with Crippen LogP contribution in [0.15, 0.2) is 45.8 Å². The number of ether oxygens (including phenoxy) is 3. The zero-order valence-electron chi connectivity index (χ0n) is 16.9. The maximum Gasteiger partial charge on any atom is 0.294 e. The minimum Gasteiger partial charge on any atom is -0.493 e. The van der Waals surface area contributed by atoms with Crippen molar-refractivity contribution in [3.8, 4) is 17.2 Å². The zero-order valence-corrected chi connectivity index (χ0v) is 19.3. The molecule has 2 aromatic rings. The second-order valence-corrected chi connectivity index (χ2v) is 8.19.